The summed E-state index contributed by atoms with van der Waals surface area (Å²) in [7, 11) is 0. The molecule has 15 heavy (non-hydrogen) atoms. The standard InChI is InChI=1S/C12H24O3/c1-6-10-8(4)11(14-7(2)3)9(5)12(13)15-10/h7-13H,6H2,1-5H3/t8-,9?,10?,11+,12-/m1/s1. The quantitative estimate of drug-likeness (QED) is 0.786. The minimum atomic E-state index is -0.685. The van der Waals surface area contributed by atoms with E-state index in [4.69, 9.17) is 9.47 Å². The molecule has 1 heterocycles. The summed E-state index contributed by atoms with van der Waals surface area (Å²) in [6.07, 6.45) is 0.638. The number of hydrogen-bond acceptors (Lipinski definition) is 3. The molecule has 0 aromatic carbocycles. The van der Waals surface area contributed by atoms with Crippen LogP contribution in [0.25, 0.3) is 0 Å². The molecule has 0 aromatic heterocycles. The Hall–Kier alpha value is -0.120. The lowest BCUT2D eigenvalue weighted by Crippen LogP contribution is -2.50. The van der Waals surface area contributed by atoms with Crippen LogP contribution in [-0.4, -0.2) is 29.7 Å². The fourth-order valence-electron chi connectivity index (χ4n) is 2.31. The van der Waals surface area contributed by atoms with Crippen molar-refractivity contribution in [3.8, 4) is 0 Å². The monoisotopic (exact) mass is 216 g/mol. The van der Waals surface area contributed by atoms with Gasteiger partial charge in [-0.3, -0.25) is 0 Å². The number of hydrogen-bond donors (Lipinski definition) is 1. The second kappa shape index (κ2) is 5.28. The van der Waals surface area contributed by atoms with Gasteiger partial charge in [-0.2, -0.15) is 0 Å². The second-order valence-electron chi connectivity index (χ2n) is 4.84. The van der Waals surface area contributed by atoms with Gasteiger partial charge in [-0.05, 0) is 20.3 Å². The third-order valence-electron chi connectivity index (χ3n) is 3.22. The van der Waals surface area contributed by atoms with Crippen molar-refractivity contribution in [3.05, 3.63) is 0 Å². The predicted molar refractivity (Wildman–Crippen MR) is 59.5 cm³/mol. The first-order chi connectivity index (χ1) is 6.97. The molecule has 3 heteroatoms. The van der Waals surface area contributed by atoms with Crippen LogP contribution in [0.3, 0.4) is 0 Å². The summed E-state index contributed by atoms with van der Waals surface area (Å²) in [5.41, 5.74) is 0. The fourth-order valence-corrected chi connectivity index (χ4v) is 2.31. The van der Waals surface area contributed by atoms with E-state index >= 15 is 0 Å². The van der Waals surface area contributed by atoms with E-state index in [2.05, 4.69) is 13.8 Å². The Morgan fingerprint density at radius 2 is 1.87 bits per heavy atom. The van der Waals surface area contributed by atoms with Gasteiger partial charge in [0.1, 0.15) is 0 Å². The summed E-state index contributed by atoms with van der Waals surface area (Å²) >= 11 is 0. The van der Waals surface area contributed by atoms with E-state index in [1.807, 2.05) is 20.8 Å². The molecular formula is C12H24O3. The van der Waals surface area contributed by atoms with Gasteiger partial charge >= 0.3 is 0 Å². The summed E-state index contributed by atoms with van der Waals surface area (Å²) in [5.74, 6) is 0.390. The van der Waals surface area contributed by atoms with Crippen LogP contribution >= 0.6 is 0 Å². The van der Waals surface area contributed by atoms with Crippen molar-refractivity contribution in [3.63, 3.8) is 0 Å². The maximum Gasteiger partial charge on any atom is 0.159 e. The first kappa shape index (κ1) is 12.9. The Bertz CT molecular complexity index is 193. The zero-order valence-corrected chi connectivity index (χ0v) is 10.4. The highest BCUT2D eigenvalue weighted by atomic mass is 16.6. The van der Waals surface area contributed by atoms with Gasteiger partial charge in [0.2, 0.25) is 0 Å². The van der Waals surface area contributed by atoms with Crippen molar-refractivity contribution in [1.29, 1.82) is 0 Å². The van der Waals surface area contributed by atoms with E-state index in [1.165, 1.54) is 0 Å². The maximum absolute atomic E-state index is 9.78. The van der Waals surface area contributed by atoms with E-state index < -0.39 is 6.29 Å². The number of aliphatic hydroxyl groups excluding tert-OH is 1. The summed E-state index contributed by atoms with van der Waals surface area (Å²) in [6.45, 7) is 10.3. The van der Waals surface area contributed by atoms with Gasteiger partial charge in [-0.1, -0.05) is 20.8 Å². The van der Waals surface area contributed by atoms with Gasteiger partial charge < -0.3 is 14.6 Å². The van der Waals surface area contributed by atoms with E-state index in [0.717, 1.165) is 6.42 Å². The summed E-state index contributed by atoms with van der Waals surface area (Å²) in [4.78, 5) is 0. The topological polar surface area (TPSA) is 38.7 Å². The van der Waals surface area contributed by atoms with E-state index in [9.17, 15) is 5.11 Å². The zero-order valence-electron chi connectivity index (χ0n) is 10.4. The highest BCUT2D eigenvalue weighted by Crippen LogP contribution is 2.33. The zero-order chi connectivity index (χ0) is 11.6. The minimum absolute atomic E-state index is 0.0465. The molecule has 1 rings (SSSR count). The molecule has 0 radical (unpaired) electrons. The molecule has 90 valence electrons. The van der Waals surface area contributed by atoms with E-state index in [1.54, 1.807) is 0 Å². The van der Waals surface area contributed by atoms with Crippen LogP contribution in [0.1, 0.15) is 41.0 Å². The summed E-state index contributed by atoms with van der Waals surface area (Å²) in [6, 6.07) is 0. The van der Waals surface area contributed by atoms with Gasteiger partial charge in [0.25, 0.3) is 0 Å². The van der Waals surface area contributed by atoms with Crippen molar-refractivity contribution in [2.75, 3.05) is 0 Å². The molecule has 0 aliphatic carbocycles. The first-order valence-corrected chi connectivity index (χ1v) is 5.96. The Morgan fingerprint density at radius 3 is 2.33 bits per heavy atom. The number of aliphatic hydroxyl groups is 1. The Labute approximate surface area is 92.8 Å². The average Bonchev–Trinajstić information content (AvgIpc) is 2.18. The lowest BCUT2D eigenvalue weighted by atomic mass is 9.84. The van der Waals surface area contributed by atoms with Crippen molar-refractivity contribution in [2.24, 2.45) is 11.8 Å². The smallest absolute Gasteiger partial charge is 0.159 e. The van der Waals surface area contributed by atoms with Crippen molar-refractivity contribution < 1.29 is 14.6 Å². The van der Waals surface area contributed by atoms with Crippen LogP contribution in [0.15, 0.2) is 0 Å². The van der Waals surface area contributed by atoms with E-state index in [0.29, 0.717) is 5.92 Å². The molecule has 1 N–H and O–H groups in total. The summed E-state index contributed by atoms with van der Waals surface area (Å²) in [5, 5.41) is 9.78. The lowest BCUT2D eigenvalue weighted by Gasteiger charge is -2.43. The molecule has 0 saturated carbocycles. The van der Waals surface area contributed by atoms with Crippen LogP contribution < -0.4 is 0 Å². The molecule has 0 bridgehead atoms. The second-order valence-corrected chi connectivity index (χ2v) is 4.84. The van der Waals surface area contributed by atoms with Gasteiger partial charge in [-0.15, -0.1) is 0 Å². The highest BCUT2D eigenvalue weighted by molar-refractivity contribution is 4.85. The Kier molecular flexibility index (Phi) is 4.56. The molecular weight excluding hydrogens is 192 g/mol. The number of rotatable bonds is 3. The molecule has 0 spiro atoms. The van der Waals surface area contributed by atoms with Crippen LogP contribution in [0.4, 0.5) is 0 Å². The molecule has 0 aromatic rings. The van der Waals surface area contributed by atoms with Crippen LogP contribution in [0, 0.1) is 11.8 Å². The van der Waals surface area contributed by atoms with Crippen molar-refractivity contribution >= 4 is 0 Å². The van der Waals surface area contributed by atoms with Crippen LogP contribution in [-0.2, 0) is 9.47 Å². The molecule has 1 aliphatic heterocycles. The molecule has 5 atom stereocenters. The molecule has 2 unspecified atom stereocenters. The normalized spacial score (nSPS) is 42.2. The van der Waals surface area contributed by atoms with Crippen LogP contribution in [0.2, 0.25) is 0 Å². The number of ether oxygens (including phenoxy) is 2. The fraction of sp³-hybridized carbons (Fsp3) is 1.00. The van der Waals surface area contributed by atoms with Crippen molar-refractivity contribution in [2.45, 2.75) is 65.6 Å². The lowest BCUT2D eigenvalue weighted by molar-refractivity contribution is -0.256. The predicted octanol–water partition coefficient (Wildman–Crippen LogP) is 2.18. The largest absolute Gasteiger partial charge is 0.375 e. The average molecular weight is 216 g/mol. The first-order valence-electron chi connectivity index (χ1n) is 5.96. The van der Waals surface area contributed by atoms with Gasteiger partial charge in [0.15, 0.2) is 6.29 Å². The Balaban J connectivity index is 2.70. The van der Waals surface area contributed by atoms with Crippen LogP contribution in [0.5, 0.6) is 0 Å². The molecule has 0 amide bonds. The van der Waals surface area contributed by atoms with Gasteiger partial charge in [0.05, 0.1) is 18.3 Å². The van der Waals surface area contributed by atoms with E-state index in [-0.39, 0.29) is 24.2 Å². The molecule has 1 aliphatic rings. The third-order valence-corrected chi connectivity index (χ3v) is 3.22. The third kappa shape index (κ3) is 2.92. The SMILES string of the molecule is CCC1O[C@@H](O)C(C)[C@@H](OC(C)C)[C@@H]1C. The highest BCUT2D eigenvalue weighted by Gasteiger charge is 2.40. The molecule has 3 nitrogen and oxygen atoms in total. The molecule has 1 saturated heterocycles. The Morgan fingerprint density at radius 1 is 1.27 bits per heavy atom. The maximum atomic E-state index is 9.78. The minimum Gasteiger partial charge on any atom is -0.375 e. The molecule has 1 fully saturated rings. The summed E-state index contributed by atoms with van der Waals surface area (Å²) < 4.78 is 11.4. The van der Waals surface area contributed by atoms with Gasteiger partial charge in [0, 0.05) is 11.8 Å². The van der Waals surface area contributed by atoms with Gasteiger partial charge in [-0.25, -0.2) is 0 Å². The van der Waals surface area contributed by atoms with Crippen molar-refractivity contribution in [1.82, 2.24) is 0 Å².